The third kappa shape index (κ3) is 4.64. The first-order valence-corrected chi connectivity index (χ1v) is 11.6. The van der Waals surface area contributed by atoms with Crippen molar-refractivity contribution in [2.24, 2.45) is 0 Å². The number of amides is 1. The molecule has 32 heavy (non-hydrogen) atoms. The topological polar surface area (TPSA) is 54.7 Å². The van der Waals surface area contributed by atoms with Crippen molar-refractivity contribution in [1.29, 1.82) is 0 Å². The molecule has 3 aromatic rings. The number of rotatable bonds is 6. The number of benzene rings is 2. The minimum absolute atomic E-state index is 0.0276. The van der Waals surface area contributed by atoms with Crippen LogP contribution in [0.25, 0.3) is 11.3 Å². The standard InChI is InChI=1S/C27H30N2O3/c30-26(21-7-2-1-3-8-21)28-19-23-12-13-27(32-23)14-16-29(17-15-27)20-22-9-4-5-10-24(22)25-11-6-18-31-25/h1-11,18,23H,12-17,19-20H2,(H,28,30). The van der Waals surface area contributed by atoms with Crippen LogP contribution < -0.4 is 5.32 Å². The van der Waals surface area contributed by atoms with E-state index in [1.165, 1.54) is 11.1 Å². The predicted molar refractivity (Wildman–Crippen MR) is 124 cm³/mol. The average Bonchev–Trinajstić information content (AvgIpc) is 3.51. The maximum Gasteiger partial charge on any atom is 0.251 e. The Labute approximate surface area is 189 Å². The zero-order chi connectivity index (χ0) is 21.8. The molecule has 1 spiro atoms. The molecule has 0 saturated carbocycles. The summed E-state index contributed by atoms with van der Waals surface area (Å²) in [5.74, 6) is 0.897. The van der Waals surface area contributed by atoms with Crippen molar-refractivity contribution in [3.63, 3.8) is 0 Å². The second kappa shape index (κ2) is 9.31. The molecular formula is C27H30N2O3. The van der Waals surface area contributed by atoms with Gasteiger partial charge in [-0.15, -0.1) is 0 Å². The summed E-state index contributed by atoms with van der Waals surface area (Å²) < 4.78 is 12.1. The molecule has 0 aliphatic carbocycles. The Morgan fingerprint density at radius 2 is 1.75 bits per heavy atom. The molecule has 2 saturated heterocycles. The second-order valence-corrected chi connectivity index (χ2v) is 8.95. The smallest absolute Gasteiger partial charge is 0.251 e. The van der Waals surface area contributed by atoms with E-state index >= 15 is 0 Å². The van der Waals surface area contributed by atoms with Crippen LogP contribution in [0.15, 0.2) is 77.4 Å². The molecule has 1 amide bonds. The van der Waals surface area contributed by atoms with Gasteiger partial charge in [-0.05, 0) is 55.5 Å². The fourth-order valence-corrected chi connectivity index (χ4v) is 5.00. The summed E-state index contributed by atoms with van der Waals surface area (Å²) in [5.41, 5.74) is 3.14. The summed E-state index contributed by atoms with van der Waals surface area (Å²) in [5, 5.41) is 3.04. The van der Waals surface area contributed by atoms with Crippen molar-refractivity contribution in [2.75, 3.05) is 19.6 Å². The largest absolute Gasteiger partial charge is 0.464 e. The first-order chi connectivity index (χ1) is 15.7. The van der Waals surface area contributed by atoms with Gasteiger partial charge in [0.1, 0.15) is 5.76 Å². The van der Waals surface area contributed by atoms with E-state index in [9.17, 15) is 4.79 Å². The van der Waals surface area contributed by atoms with Gasteiger partial charge in [0.2, 0.25) is 0 Å². The van der Waals surface area contributed by atoms with Crippen molar-refractivity contribution in [3.8, 4) is 11.3 Å². The van der Waals surface area contributed by atoms with E-state index in [0.29, 0.717) is 12.1 Å². The van der Waals surface area contributed by atoms with Crippen molar-refractivity contribution < 1.29 is 13.9 Å². The highest BCUT2D eigenvalue weighted by molar-refractivity contribution is 5.94. The minimum Gasteiger partial charge on any atom is -0.464 e. The van der Waals surface area contributed by atoms with E-state index in [1.807, 2.05) is 42.5 Å². The van der Waals surface area contributed by atoms with Crippen LogP contribution >= 0.6 is 0 Å². The lowest BCUT2D eigenvalue weighted by Crippen LogP contribution is -2.44. The highest BCUT2D eigenvalue weighted by Gasteiger charge is 2.42. The van der Waals surface area contributed by atoms with E-state index in [0.717, 1.165) is 51.1 Å². The van der Waals surface area contributed by atoms with Gasteiger partial charge < -0.3 is 14.5 Å². The van der Waals surface area contributed by atoms with E-state index in [4.69, 9.17) is 9.15 Å². The number of hydrogen-bond acceptors (Lipinski definition) is 4. The van der Waals surface area contributed by atoms with Crippen LogP contribution in [0.2, 0.25) is 0 Å². The lowest BCUT2D eigenvalue weighted by molar-refractivity contribution is -0.0764. The predicted octanol–water partition coefficient (Wildman–Crippen LogP) is 4.89. The number of piperidine rings is 1. The number of hydrogen-bond donors (Lipinski definition) is 1. The lowest BCUT2D eigenvalue weighted by Gasteiger charge is -2.39. The summed E-state index contributed by atoms with van der Waals surface area (Å²) in [6, 6.07) is 21.8. The van der Waals surface area contributed by atoms with Crippen molar-refractivity contribution in [2.45, 2.75) is 43.9 Å². The van der Waals surface area contributed by atoms with Crippen LogP contribution in [-0.2, 0) is 11.3 Å². The Balaban J connectivity index is 1.13. The molecule has 3 heterocycles. The number of carbonyl (C=O) groups is 1. The zero-order valence-electron chi connectivity index (χ0n) is 18.3. The molecule has 5 heteroatoms. The Bertz CT molecular complexity index is 1020. The van der Waals surface area contributed by atoms with E-state index in [1.54, 1.807) is 6.26 Å². The van der Waals surface area contributed by atoms with E-state index in [2.05, 4.69) is 34.5 Å². The molecular weight excluding hydrogens is 400 g/mol. The molecule has 2 fully saturated rings. The van der Waals surface area contributed by atoms with Crippen molar-refractivity contribution in [1.82, 2.24) is 10.2 Å². The maximum absolute atomic E-state index is 12.3. The van der Waals surface area contributed by atoms with Gasteiger partial charge in [0.05, 0.1) is 18.0 Å². The molecule has 1 atom stereocenters. The number of likely N-dealkylation sites (tertiary alicyclic amines) is 1. The molecule has 5 nitrogen and oxygen atoms in total. The lowest BCUT2D eigenvalue weighted by atomic mass is 9.88. The molecule has 166 valence electrons. The quantitative estimate of drug-likeness (QED) is 0.605. The first kappa shape index (κ1) is 21.0. The summed E-state index contributed by atoms with van der Waals surface area (Å²) in [6.45, 7) is 3.55. The highest BCUT2D eigenvalue weighted by atomic mass is 16.5. The van der Waals surface area contributed by atoms with Crippen LogP contribution in [0, 0.1) is 0 Å². The first-order valence-electron chi connectivity index (χ1n) is 11.6. The number of carbonyl (C=O) groups excluding carboxylic acids is 1. The third-order valence-corrected chi connectivity index (χ3v) is 6.83. The van der Waals surface area contributed by atoms with Gasteiger partial charge in [-0.25, -0.2) is 0 Å². The summed E-state index contributed by atoms with van der Waals surface area (Å²) in [6.07, 6.45) is 6.01. The molecule has 1 unspecified atom stereocenters. The van der Waals surface area contributed by atoms with Gasteiger partial charge >= 0.3 is 0 Å². The average molecular weight is 431 g/mol. The van der Waals surface area contributed by atoms with E-state index in [-0.39, 0.29) is 17.6 Å². The molecule has 1 aromatic heterocycles. The molecule has 0 radical (unpaired) electrons. The van der Waals surface area contributed by atoms with Gasteiger partial charge in [0.25, 0.3) is 5.91 Å². The fourth-order valence-electron chi connectivity index (χ4n) is 5.00. The molecule has 0 bridgehead atoms. The summed E-state index contributed by atoms with van der Waals surface area (Å²) in [7, 11) is 0. The SMILES string of the molecule is O=C(NCC1CCC2(CCN(Cc3ccccc3-c3ccco3)CC2)O1)c1ccccc1. The van der Waals surface area contributed by atoms with Crippen molar-refractivity contribution in [3.05, 3.63) is 84.1 Å². The maximum atomic E-state index is 12.3. The normalized spacial score (nSPS) is 20.4. The molecule has 2 aliphatic rings. The fraction of sp³-hybridized carbons (Fsp3) is 0.370. The summed E-state index contributed by atoms with van der Waals surface area (Å²) >= 11 is 0. The number of furan rings is 1. The van der Waals surface area contributed by atoms with Crippen LogP contribution in [0.5, 0.6) is 0 Å². The Kier molecular flexibility index (Phi) is 6.10. The van der Waals surface area contributed by atoms with Crippen LogP contribution in [0.4, 0.5) is 0 Å². The van der Waals surface area contributed by atoms with Gasteiger partial charge in [-0.1, -0.05) is 42.5 Å². The van der Waals surface area contributed by atoms with Gasteiger partial charge in [0, 0.05) is 37.3 Å². The van der Waals surface area contributed by atoms with Crippen LogP contribution in [-0.4, -0.2) is 42.1 Å². The monoisotopic (exact) mass is 430 g/mol. The molecule has 2 aromatic carbocycles. The molecule has 5 rings (SSSR count). The van der Waals surface area contributed by atoms with Gasteiger partial charge in [0.15, 0.2) is 0 Å². The number of nitrogens with zero attached hydrogens (tertiary/aromatic N) is 1. The van der Waals surface area contributed by atoms with Crippen molar-refractivity contribution >= 4 is 5.91 Å². The van der Waals surface area contributed by atoms with Gasteiger partial charge in [-0.2, -0.15) is 0 Å². The van der Waals surface area contributed by atoms with Gasteiger partial charge in [-0.3, -0.25) is 9.69 Å². The molecule has 1 N–H and O–H groups in total. The summed E-state index contributed by atoms with van der Waals surface area (Å²) in [4.78, 5) is 14.8. The third-order valence-electron chi connectivity index (χ3n) is 6.83. The highest BCUT2D eigenvalue weighted by Crippen LogP contribution is 2.39. The minimum atomic E-state index is -0.0286. The van der Waals surface area contributed by atoms with Crippen LogP contribution in [0.3, 0.4) is 0 Å². The zero-order valence-corrected chi connectivity index (χ0v) is 18.3. The Hall–Kier alpha value is -2.89. The van der Waals surface area contributed by atoms with Crippen LogP contribution in [0.1, 0.15) is 41.6 Å². The van der Waals surface area contributed by atoms with E-state index < -0.39 is 0 Å². The Morgan fingerprint density at radius 3 is 2.53 bits per heavy atom. The molecule has 2 aliphatic heterocycles. The second-order valence-electron chi connectivity index (χ2n) is 8.95. The number of nitrogens with one attached hydrogen (secondary N) is 1. The number of ether oxygens (including phenoxy) is 1. The Morgan fingerprint density at radius 1 is 0.969 bits per heavy atom.